The second-order valence-corrected chi connectivity index (χ2v) is 12.0. The van der Waals surface area contributed by atoms with Gasteiger partial charge in [0, 0.05) is 22.5 Å². The Labute approximate surface area is 226 Å². The molecule has 0 bridgehead atoms. The minimum atomic E-state index is -0.175. The molecule has 7 rings (SSSR count). The number of furan rings is 1. The van der Waals surface area contributed by atoms with E-state index in [1.54, 1.807) is 6.07 Å². The van der Waals surface area contributed by atoms with E-state index in [1.807, 2.05) is 54.6 Å². The maximum atomic E-state index is 13.0. The molecule has 38 heavy (non-hydrogen) atoms. The number of nitrogens with one attached hydrogen (secondary N) is 1. The number of nitrogens with zero attached hydrogens (tertiary/aromatic N) is 2. The van der Waals surface area contributed by atoms with Gasteiger partial charge in [-0.1, -0.05) is 42.8 Å². The third-order valence-electron chi connectivity index (χ3n) is 7.44. The highest BCUT2D eigenvalue weighted by atomic mass is 32.2. The predicted molar refractivity (Wildman–Crippen MR) is 151 cm³/mol. The van der Waals surface area contributed by atoms with Crippen LogP contribution >= 0.6 is 23.1 Å². The van der Waals surface area contributed by atoms with Gasteiger partial charge in [0.2, 0.25) is 17.7 Å². The smallest absolute Gasteiger partial charge is 0.237 e. The Morgan fingerprint density at radius 3 is 2.55 bits per heavy atom. The van der Waals surface area contributed by atoms with Gasteiger partial charge in [-0.2, -0.15) is 0 Å². The van der Waals surface area contributed by atoms with Crippen molar-refractivity contribution < 1.29 is 18.8 Å². The number of rotatable bonds is 5. The minimum absolute atomic E-state index is 0.0735. The number of carbonyl (C=O) groups excluding carboxylic acids is 3. The summed E-state index contributed by atoms with van der Waals surface area (Å²) in [5, 5.41) is 5.00. The molecule has 0 unspecified atom stereocenters. The van der Waals surface area contributed by atoms with E-state index in [0.717, 1.165) is 62.2 Å². The van der Waals surface area contributed by atoms with E-state index in [4.69, 9.17) is 4.42 Å². The number of hydrogen-bond acceptors (Lipinski definition) is 7. The first-order valence-corrected chi connectivity index (χ1v) is 14.5. The lowest BCUT2D eigenvalue weighted by atomic mass is 9.81. The Kier molecular flexibility index (Phi) is 5.70. The molecule has 0 radical (unpaired) electrons. The van der Waals surface area contributed by atoms with Crippen LogP contribution in [0, 0.1) is 11.8 Å². The summed E-state index contributed by atoms with van der Waals surface area (Å²) in [6.07, 6.45) is 3.60. The van der Waals surface area contributed by atoms with Gasteiger partial charge in [-0.15, -0.1) is 11.3 Å². The van der Waals surface area contributed by atoms with Crippen molar-refractivity contribution in [1.82, 2.24) is 4.98 Å². The molecule has 1 saturated carbocycles. The Balaban J connectivity index is 1.04. The van der Waals surface area contributed by atoms with Crippen LogP contribution in [-0.4, -0.2) is 28.5 Å². The SMILES string of the molecule is O=C(CSc1nc2ccc(N3C(=O)[C@H]4CCCC[C@@H]4C3=O)cc2s1)Nc1ccc2c(c1)oc1ccccc12. The average Bonchev–Trinajstić information content (AvgIpc) is 3.58. The molecule has 2 atom stereocenters. The van der Waals surface area contributed by atoms with Crippen LogP contribution in [0.5, 0.6) is 0 Å². The number of amides is 3. The van der Waals surface area contributed by atoms with E-state index in [9.17, 15) is 14.4 Å². The third kappa shape index (κ3) is 3.97. The fourth-order valence-corrected chi connectivity index (χ4v) is 7.54. The van der Waals surface area contributed by atoms with Crippen LogP contribution in [0.15, 0.2) is 69.4 Å². The topological polar surface area (TPSA) is 92.5 Å². The Morgan fingerprint density at radius 1 is 0.974 bits per heavy atom. The molecule has 3 aromatic carbocycles. The fraction of sp³-hybridized carbons (Fsp3) is 0.241. The Hall–Kier alpha value is -3.69. The molecule has 0 spiro atoms. The van der Waals surface area contributed by atoms with Gasteiger partial charge in [-0.3, -0.25) is 19.3 Å². The number of thioether (sulfide) groups is 1. The van der Waals surface area contributed by atoms with Crippen molar-refractivity contribution in [2.75, 3.05) is 16.0 Å². The van der Waals surface area contributed by atoms with Gasteiger partial charge in [-0.05, 0) is 49.2 Å². The highest BCUT2D eigenvalue weighted by Gasteiger charge is 2.48. The highest BCUT2D eigenvalue weighted by Crippen LogP contribution is 2.41. The molecule has 2 aliphatic rings. The van der Waals surface area contributed by atoms with Crippen molar-refractivity contribution in [1.29, 1.82) is 0 Å². The maximum Gasteiger partial charge on any atom is 0.237 e. The third-order valence-corrected chi connectivity index (χ3v) is 9.60. The number of benzene rings is 3. The zero-order valence-electron chi connectivity index (χ0n) is 20.3. The number of hydrogen-bond donors (Lipinski definition) is 1. The lowest BCUT2D eigenvalue weighted by molar-refractivity contribution is -0.122. The first kappa shape index (κ1) is 23.4. The molecule has 2 aromatic heterocycles. The van der Waals surface area contributed by atoms with Crippen molar-refractivity contribution in [3.05, 3.63) is 60.7 Å². The summed E-state index contributed by atoms with van der Waals surface area (Å²) in [5.41, 5.74) is 3.62. The zero-order chi connectivity index (χ0) is 25.8. The van der Waals surface area contributed by atoms with E-state index >= 15 is 0 Å². The van der Waals surface area contributed by atoms with Gasteiger partial charge in [0.05, 0.1) is 33.5 Å². The van der Waals surface area contributed by atoms with E-state index < -0.39 is 0 Å². The lowest BCUT2D eigenvalue weighted by Gasteiger charge is -2.19. The largest absolute Gasteiger partial charge is 0.456 e. The van der Waals surface area contributed by atoms with E-state index in [-0.39, 0.29) is 35.3 Å². The molecule has 1 aliphatic heterocycles. The molecular weight excluding hydrogens is 518 g/mol. The van der Waals surface area contributed by atoms with Crippen LogP contribution < -0.4 is 10.2 Å². The van der Waals surface area contributed by atoms with Crippen LogP contribution in [-0.2, 0) is 14.4 Å². The lowest BCUT2D eigenvalue weighted by Crippen LogP contribution is -2.30. The molecule has 9 heteroatoms. The van der Waals surface area contributed by atoms with Crippen molar-refractivity contribution in [3.8, 4) is 0 Å². The molecule has 3 heterocycles. The maximum absolute atomic E-state index is 13.0. The predicted octanol–water partition coefficient (Wildman–Crippen LogP) is 6.61. The zero-order valence-corrected chi connectivity index (χ0v) is 21.9. The van der Waals surface area contributed by atoms with Crippen molar-refractivity contribution in [2.24, 2.45) is 11.8 Å². The monoisotopic (exact) mass is 541 g/mol. The van der Waals surface area contributed by atoms with Crippen LogP contribution in [0.25, 0.3) is 32.2 Å². The second kappa shape index (κ2) is 9.25. The summed E-state index contributed by atoms with van der Waals surface area (Å²) in [6, 6.07) is 19.0. The van der Waals surface area contributed by atoms with Crippen LogP contribution in [0.1, 0.15) is 25.7 Å². The van der Waals surface area contributed by atoms with Crippen molar-refractivity contribution in [3.63, 3.8) is 0 Å². The molecule has 7 nitrogen and oxygen atoms in total. The summed E-state index contributed by atoms with van der Waals surface area (Å²) < 4.78 is 7.56. The quantitative estimate of drug-likeness (QED) is 0.199. The number of fused-ring (bicyclic) bond motifs is 5. The number of aromatic nitrogens is 1. The molecule has 1 N–H and O–H groups in total. The number of imide groups is 1. The van der Waals surface area contributed by atoms with E-state index in [0.29, 0.717) is 11.4 Å². The van der Waals surface area contributed by atoms with Gasteiger partial charge in [0.15, 0.2) is 4.34 Å². The van der Waals surface area contributed by atoms with Crippen LogP contribution in [0.3, 0.4) is 0 Å². The van der Waals surface area contributed by atoms with Gasteiger partial charge >= 0.3 is 0 Å². The number of para-hydroxylation sites is 1. The molecule has 5 aromatic rings. The summed E-state index contributed by atoms with van der Waals surface area (Å²) in [7, 11) is 0. The second-order valence-electron chi connectivity index (χ2n) is 9.79. The number of thiazole rings is 1. The first-order chi connectivity index (χ1) is 18.5. The van der Waals surface area contributed by atoms with Gasteiger partial charge in [0.1, 0.15) is 11.2 Å². The summed E-state index contributed by atoms with van der Waals surface area (Å²) in [5.74, 6) is -0.430. The van der Waals surface area contributed by atoms with E-state index in [2.05, 4.69) is 10.3 Å². The fourth-order valence-electron chi connectivity index (χ4n) is 5.64. The number of anilines is 2. The van der Waals surface area contributed by atoms with Gasteiger partial charge in [-0.25, -0.2) is 4.98 Å². The highest BCUT2D eigenvalue weighted by molar-refractivity contribution is 8.01. The van der Waals surface area contributed by atoms with Crippen molar-refractivity contribution >= 4 is 84.4 Å². The number of carbonyl (C=O) groups is 3. The Bertz CT molecular complexity index is 1730. The molecule has 3 amide bonds. The molecule has 190 valence electrons. The van der Waals surface area contributed by atoms with Gasteiger partial charge in [0.25, 0.3) is 0 Å². The standard InChI is InChI=1S/C29H23N3O4S2/c33-26(30-16-9-11-19-18-5-3-4-8-23(18)36-24(19)13-16)15-37-29-31-22-12-10-17(14-25(22)38-29)32-27(34)20-6-1-2-7-21(20)28(32)35/h3-5,8-14,20-21H,1-2,6-7,15H2,(H,30,33)/t20-,21-/m0/s1. The van der Waals surface area contributed by atoms with Crippen LogP contribution in [0.4, 0.5) is 11.4 Å². The molecule has 2 fully saturated rings. The molecular formula is C29H23N3O4S2. The summed E-state index contributed by atoms with van der Waals surface area (Å²) >= 11 is 2.82. The normalized spacial score (nSPS) is 19.5. The molecule has 1 aliphatic carbocycles. The summed E-state index contributed by atoms with van der Waals surface area (Å²) in [4.78, 5) is 44.6. The molecule has 1 saturated heterocycles. The Morgan fingerprint density at radius 2 is 1.74 bits per heavy atom. The summed E-state index contributed by atoms with van der Waals surface area (Å²) in [6.45, 7) is 0. The van der Waals surface area contributed by atoms with Crippen LogP contribution in [0.2, 0.25) is 0 Å². The van der Waals surface area contributed by atoms with Gasteiger partial charge < -0.3 is 9.73 Å². The minimum Gasteiger partial charge on any atom is -0.456 e. The van der Waals surface area contributed by atoms with E-state index in [1.165, 1.54) is 28.0 Å². The first-order valence-electron chi connectivity index (χ1n) is 12.7. The average molecular weight is 542 g/mol. The van der Waals surface area contributed by atoms with Crippen molar-refractivity contribution in [2.45, 2.75) is 30.0 Å².